The first-order valence-electron chi connectivity index (χ1n) is 5.40. The van der Waals surface area contributed by atoms with Crippen LogP contribution in [0.5, 0.6) is 0 Å². The minimum Gasteiger partial charge on any atom is -0.327 e. The van der Waals surface area contributed by atoms with Crippen LogP contribution in [0.15, 0.2) is 24.4 Å². The number of rotatable bonds is 2. The van der Waals surface area contributed by atoms with E-state index in [1.807, 2.05) is 12.3 Å². The molecule has 0 saturated carbocycles. The number of fused-ring (bicyclic) bond motifs is 1. The van der Waals surface area contributed by atoms with Crippen molar-refractivity contribution >= 4 is 34.1 Å². The summed E-state index contributed by atoms with van der Waals surface area (Å²) in [7, 11) is 6.43. The van der Waals surface area contributed by atoms with Gasteiger partial charge >= 0.3 is 0 Å². The largest absolute Gasteiger partial charge is 0.327 e. The maximum Gasteiger partial charge on any atom is 0.105 e. The van der Waals surface area contributed by atoms with Crippen molar-refractivity contribution < 1.29 is 4.48 Å². The average molecular weight is 270 g/mol. The molecule has 0 bridgehead atoms. The Labute approximate surface area is 111 Å². The summed E-state index contributed by atoms with van der Waals surface area (Å²) in [5.74, 6) is 0. The van der Waals surface area contributed by atoms with Gasteiger partial charge in [-0.2, -0.15) is 0 Å². The number of hydrogen-bond donors (Lipinski definition) is 0. The zero-order valence-corrected chi connectivity index (χ0v) is 11.7. The van der Waals surface area contributed by atoms with E-state index in [2.05, 4.69) is 32.2 Å². The zero-order valence-electron chi connectivity index (χ0n) is 10.2. The van der Waals surface area contributed by atoms with Gasteiger partial charge < -0.3 is 4.48 Å². The Kier molecular flexibility index (Phi) is 3.30. The molecule has 4 heteroatoms. The topological polar surface area (TPSA) is 12.9 Å². The molecular formula is C13H15Cl2N2+. The van der Waals surface area contributed by atoms with Crippen molar-refractivity contribution in [1.29, 1.82) is 0 Å². The molecule has 0 spiro atoms. The molecule has 0 aliphatic rings. The lowest BCUT2D eigenvalue weighted by Gasteiger charge is -2.23. The highest BCUT2D eigenvalue weighted by Crippen LogP contribution is 2.29. The van der Waals surface area contributed by atoms with Crippen LogP contribution in [-0.4, -0.2) is 30.6 Å². The van der Waals surface area contributed by atoms with Gasteiger partial charge in [-0.3, -0.25) is 4.98 Å². The molecule has 0 amide bonds. The maximum absolute atomic E-state index is 6.17. The second-order valence-electron chi connectivity index (χ2n) is 5.22. The summed E-state index contributed by atoms with van der Waals surface area (Å²) < 4.78 is 0.853. The maximum atomic E-state index is 6.17. The highest BCUT2D eigenvalue weighted by molar-refractivity contribution is 6.39. The van der Waals surface area contributed by atoms with Gasteiger partial charge in [0.15, 0.2) is 0 Å². The van der Waals surface area contributed by atoms with E-state index in [0.29, 0.717) is 10.0 Å². The molecule has 0 aliphatic carbocycles. The second kappa shape index (κ2) is 4.45. The number of hydrogen-bond acceptors (Lipinski definition) is 1. The SMILES string of the molecule is C[N+](C)(C)Cc1cnc2c(Cl)ccc(Cl)c2c1. The minimum absolute atomic E-state index is 0.640. The normalized spacial score (nSPS) is 12.1. The summed E-state index contributed by atoms with van der Waals surface area (Å²) >= 11 is 12.3. The predicted octanol–water partition coefficient (Wildman–Crippen LogP) is 3.75. The highest BCUT2D eigenvalue weighted by Gasteiger charge is 2.11. The van der Waals surface area contributed by atoms with Crippen LogP contribution in [0.25, 0.3) is 10.9 Å². The van der Waals surface area contributed by atoms with Gasteiger partial charge in [0.1, 0.15) is 6.54 Å². The van der Waals surface area contributed by atoms with Crippen LogP contribution in [0.3, 0.4) is 0 Å². The fourth-order valence-corrected chi connectivity index (χ4v) is 2.25. The summed E-state index contributed by atoms with van der Waals surface area (Å²) in [6, 6.07) is 5.66. The highest BCUT2D eigenvalue weighted by atomic mass is 35.5. The lowest BCUT2D eigenvalue weighted by molar-refractivity contribution is -0.884. The molecule has 17 heavy (non-hydrogen) atoms. The quantitative estimate of drug-likeness (QED) is 0.757. The van der Waals surface area contributed by atoms with Crippen LogP contribution in [0, 0.1) is 0 Å². The number of benzene rings is 1. The van der Waals surface area contributed by atoms with E-state index >= 15 is 0 Å². The molecule has 1 aromatic heterocycles. The molecule has 2 aromatic rings. The lowest BCUT2D eigenvalue weighted by atomic mass is 10.1. The van der Waals surface area contributed by atoms with Crippen LogP contribution < -0.4 is 0 Å². The Bertz CT molecular complexity index is 559. The molecule has 0 unspecified atom stereocenters. The van der Waals surface area contributed by atoms with Crippen LogP contribution in [0.1, 0.15) is 5.56 Å². The smallest absolute Gasteiger partial charge is 0.105 e. The second-order valence-corrected chi connectivity index (χ2v) is 6.03. The molecule has 0 radical (unpaired) electrons. The van der Waals surface area contributed by atoms with E-state index in [4.69, 9.17) is 23.2 Å². The van der Waals surface area contributed by atoms with Crippen molar-refractivity contribution in [1.82, 2.24) is 4.98 Å². The average Bonchev–Trinajstić information content (AvgIpc) is 2.21. The van der Waals surface area contributed by atoms with Gasteiger partial charge in [-0.15, -0.1) is 0 Å². The standard InChI is InChI=1S/C13H15Cl2N2/c1-17(2,3)8-9-6-10-11(14)4-5-12(15)13(10)16-7-9/h4-7H,8H2,1-3H3/q+1. The van der Waals surface area contributed by atoms with Crippen molar-refractivity contribution in [3.05, 3.63) is 40.0 Å². The van der Waals surface area contributed by atoms with E-state index in [1.165, 1.54) is 0 Å². The van der Waals surface area contributed by atoms with Gasteiger partial charge in [0.2, 0.25) is 0 Å². The van der Waals surface area contributed by atoms with E-state index in [-0.39, 0.29) is 0 Å². The Morgan fingerprint density at radius 1 is 1.12 bits per heavy atom. The summed E-state index contributed by atoms with van der Waals surface area (Å²) in [5.41, 5.74) is 1.93. The molecule has 0 atom stereocenters. The van der Waals surface area contributed by atoms with Crippen LogP contribution >= 0.6 is 23.2 Å². The number of aromatic nitrogens is 1. The molecule has 1 heterocycles. The molecule has 0 saturated heterocycles. The predicted molar refractivity (Wildman–Crippen MR) is 73.5 cm³/mol. The van der Waals surface area contributed by atoms with Crippen molar-refractivity contribution in [3.63, 3.8) is 0 Å². The monoisotopic (exact) mass is 269 g/mol. The van der Waals surface area contributed by atoms with Gasteiger partial charge in [0.05, 0.1) is 36.7 Å². The first-order chi connectivity index (χ1) is 7.87. The Morgan fingerprint density at radius 2 is 1.76 bits per heavy atom. The van der Waals surface area contributed by atoms with Crippen molar-refractivity contribution in [2.45, 2.75) is 6.54 Å². The molecule has 2 rings (SSSR count). The number of pyridine rings is 1. The van der Waals surface area contributed by atoms with Gasteiger partial charge in [-0.25, -0.2) is 0 Å². The van der Waals surface area contributed by atoms with E-state index in [1.54, 1.807) is 6.07 Å². The number of halogens is 2. The molecule has 2 nitrogen and oxygen atoms in total. The molecular weight excluding hydrogens is 255 g/mol. The number of nitrogens with zero attached hydrogens (tertiary/aromatic N) is 2. The van der Waals surface area contributed by atoms with Crippen molar-refractivity contribution in [2.75, 3.05) is 21.1 Å². The first-order valence-corrected chi connectivity index (χ1v) is 6.15. The Morgan fingerprint density at radius 3 is 2.41 bits per heavy atom. The Balaban J connectivity index is 2.54. The Hall–Kier alpha value is -0.830. The number of quaternary nitrogens is 1. The summed E-state index contributed by atoms with van der Waals surface area (Å²) in [4.78, 5) is 4.40. The van der Waals surface area contributed by atoms with Crippen LogP contribution in [0.4, 0.5) is 0 Å². The van der Waals surface area contributed by atoms with E-state index in [9.17, 15) is 0 Å². The third-order valence-electron chi connectivity index (χ3n) is 2.46. The third-order valence-corrected chi connectivity index (χ3v) is 3.10. The van der Waals surface area contributed by atoms with Gasteiger partial charge in [0, 0.05) is 17.1 Å². The van der Waals surface area contributed by atoms with Crippen LogP contribution in [-0.2, 0) is 6.54 Å². The molecule has 0 aliphatic heterocycles. The lowest BCUT2D eigenvalue weighted by Crippen LogP contribution is -2.33. The first kappa shape index (κ1) is 12.6. The molecule has 1 aromatic carbocycles. The van der Waals surface area contributed by atoms with E-state index in [0.717, 1.165) is 27.5 Å². The van der Waals surface area contributed by atoms with Gasteiger partial charge in [0.25, 0.3) is 0 Å². The molecule has 0 N–H and O–H groups in total. The van der Waals surface area contributed by atoms with Crippen molar-refractivity contribution in [3.8, 4) is 0 Å². The van der Waals surface area contributed by atoms with E-state index < -0.39 is 0 Å². The van der Waals surface area contributed by atoms with Crippen molar-refractivity contribution in [2.24, 2.45) is 0 Å². The van der Waals surface area contributed by atoms with Gasteiger partial charge in [-0.1, -0.05) is 23.2 Å². The fraction of sp³-hybridized carbons (Fsp3) is 0.308. The molecule has 0 fully saturated rings. The fourth-order valence-electron chi connectivity index (χ4n) is 1.83. The minimum atomic E-state index is 0.640. The summed E-state index contributed by atoms with van der Waals surface area (Å²) in [5, 5.41) is 2.26. The summed E-state index contributed by atoms with van der Waals surface area (Å²) in [6.45, 7) is 0.909. The van der Waals surface area contributed by atoms with Crippen LogP contribution in [0.2, 0.25) is 10.0 Å². The van der Waals surface area contributed by atoms with Gasteiger partial charge in [-0.05, 0) is 18.2 Å². The third kappa shape index (κ3) is 2.89. The summed E-state index contributed by atoms with van der Waals surface area (Å²) in [6.07, 6.45) is 1.87. The molecule has 90 valence electrons. The zero-order chi connectivity index (χ0) is 12.6.